The quantitative estimate of drug-likeness (QED) is 0.751. The van der Waals surface area contributed by atoms with Crippen molar-refractivity contribution in [2.45, 2.75) is 45.6 Å². The van der Waals surface area contributed by atoms with Crippen LogP contribution in [0.5, 0.6) is 0 Å². The fourth-order valence-corrected chi connectivity index (χ4v) is 3.12. The molecule has 2 fully saturated rings. The minimum atomic E-state index is 0.823. The van der Waals surface area contributed by atoms with E-state index in [2.05, 4.69) is 24.1 Å². The molecule has 0 saturated carbocycles. The van der Waals surface area contributed by atoms with Crippen LogP contribution in [0.4, 0.5) is 0 Å². The molecule has 2 nitrogen and oxygen atoms in total. The summed E-state index contributed by atoms with van der Waals surface area (Å²) in [6.07, 6.45) is 5.60. The van der Waals surface area contributed by atoms with Crippen molar-refractivity contribution in [2.75, 3.05) is 26.2 Å². The molecule has 2 saturated heterocycles. The Morgan fingerprint density at radius 1 is 1.13 bits per heavy atom. The SMILES string of the molecule is CC1CCN(CC2CCNCC2)C(C)C1. The van der Waals surface area contributed by atoms with E-state index in [0.717, 1.165) is 17.9 Å². The average Bonchev–Trinajstić information content (AvgIpc) is 2.24. The number of piperidine rings is 2. The zero-order valence-electron chi connectivity index (χ0n) is 10.3. The standard InChI is InChI=1S/C13H26N2/c1-11-5-8-15(12(2)9-11)10-13-3-6-14-7-4-13/h11-14H,3-10H2,1-2H3. The Morgan fingerprint density at radius 3 is 2.53 bits per heavy atom. The Morgan fingerprint density at radius 2 is 1.87 bits per heavy atom. The second-order valence-electron chi connectivity index (χ2n) is 5.67. The molecule has 0 aromatic rings. The van der Waals surface area contributed by atoms with Crippen molar-refractivity contribution in [3.63, 3.8) is 0 Å². The van der Waals surface area contributed by atoms with Crippen LogP contribution in [0.3, 0.4) is 0 Å². The van der Waals surface area contributed by atoms with Gasteiger partial charge in [-0.25, -0.2) is 0 Å². The molecule has 15 heavy (non-hydrogen) atoms. The molecule has 88 valence electrons. The number of nitrogens with one attached hydrogen (secondary N) is 1. The number of rotatable bonds is 2. The first-order chi connectivity index (χ1) is 7.25. The molecule has 2 atom stereocenters. The zero-order chi connectivity index (χ0) is 10.7. The van der Waals surface area contributed by atoms with E-state index >= 15 is 0 Å². The minimum Gasteiger partial charge on any atom is -0.317 e. The highest BCUT2D eigenvalue weighted by atomic mass is 15.2. The van der Waals surface area contributed by atoms with E-state index in [4.69, 9.17) is 0 Å². The summed E-state index contributed by atoms with van der Waals surface area (Å²) in [4.78, 5) is 2.73. The van der Waals surface area contributed by atoms with Crippen LogP contribution < -0.4 is 5.32 Å². The molecule has 2 aliphatic rings. The number of nitrogens with zero attached hydrogens (tertiary/aromatic N) is 1. The topological polar surface area (TPSA) is 15.3 Å². The van der Waals surface area contributed by atoms with Gasteiger partial charge in [0.15, 0.2) is 0 Å². The van der Waals surface area contributed by atoms with Gasteiger partial charge in [-0.2, -0.15) is 0 Å². The Labute approximate surface area is 94.4 Å². The molecule has 1 N–H and O–H groups in total. The lowest BCUT2D eigenvalue weighted by Gasteiger charge is -2.39. The molecule has 2 heterocycles. The molecular weight excluding hydrogens is 184 g/mol. The molecule has 0 amide bonds. The van der Waals surface area contributed by atoms with Gasteiger partial charge in [0.1, 0.15) is 0 Å². The van der Waals surface area contributed by atoms with Crippen LogP contribution in [-0.2, 0) is 0 Å². The Bertz CT molecular complexity index is 187. The molecule has 2 heteroatoms. The van der Waals surface area contributed by atoms with Gasteiger partial charge in [0.2, 0.25) is 0 Å². The third-order valence-electron chi connectivity index (χ3n) is 4.23. The zero-order valence-corrected chi connectivity index (χ0v) is 10.3. The van der Waals surface area contributed by atoms with Crippen LogP contribution in [-0.4, -0.2) is 37.1 Å². The van der Waals surface area contributed by atoms with Gasteiger partial charge < -0.3 is 10.2 Å². The maximum absolute atomic E-state index is 3.45. The van der Waals surface area contributed by atoms with Crippen molar-refractivity contribution < 1.29 is 0 Å². The van der Waals surface area contributed by atoms with Gasteiger partial charge in [-0.05, 0) is 64.1 Å². The monoisotopic (exact) mass is 210 g/mol. The molecule has 2 unspecified atom stereocenters. The number of hydrogen-bond acceptors (Lipinski definition) is 2. The first-order valence-corrected chi connectivity index (χ1v) is 6.70. The molecule has 0 bridgehead atoms. The predicted molar refractivity (Wildman–Crippen MR) is 65.0 cm³/mol. The lowest BCUT2D eigenvalue weighted by Crippen LogP contribution is -2.44. The van der Waals surface area contributed by atoms with Crippen LogP contribution in [0, 0.1) is 11.8 Å². The van der Waals surface area contributed by atoms with Crippen molar-refractivity contribution >= 4 is 0 Å². The van der Waals surface area contributed by atoms with E-state index < -0.39 is 0 Å². The predicted octanol–water partition coefficient (Wildman–Crippen LogP) is 2.11. The second kappa shape index (κ2) is 5.31. The number of likely N-dealkylation sites (tertiary alicyclic amines) is 1. The maximum atomic E-state index is 3.45. The Balaban J connectivity index is 1.77. The fraction of sp³-hybridized carbons (Fsp3) is 1.00. The Kier molecular flexibility index (Phi) is 4.04. The molecule has 0 radical (unpaired) electrons. The third-order valence-corrected chi connectivity index (χ3v) is 4.23. The normalized spacial score (nSPS) is 35.6. The van der Waals surface area contributed by atoms with Gasteiger partial charge in [0, 0.05) is 12.6 Å². The second-order valence-corrected chi connectivity index (χ2v) is 5.67. The summed E-state index contributed by atoms with van der Waals surface area (Å²) in [5, 5.41) is 3.45. The molecule has 0 spiro atoms. The van der Waals surface area contributed by atoms with E-state index in [9.17, 15) is 0 Å². The summed E-state index contributed by atoms with van der Waals surface area (Å²) in [6.45, 7) is 9.99. The highest BCUT2D eigenvalue weighted by Crippen LogP contribution is 2.24. The summed E-state index contributed by atoms with van der Waals surface area (Å²) >= 11 is 0. The van der Waals surface area contributed by atoms with E-state index in [0.29, 0.717) is 0 Å². The van der Waals surface area contributed by atoms with Gasteiger partial charge in [-0.1, -0.05) is 6.92 Å². The van der Waals surface area contributed by atoms with Gasteiger partial charge in [-0.3, -0.25) is 0 Å². The minimum absolute atomic E-state index is 0.823. The van der Waals surface area contributed by atoms with Crippen LogP contribution in [0.15, 0.2) is 0 Å². The van der Waals surface area contributed by atoms with E-state index in [1.165, 1.54) is 51.9 Å². The van der Waals surface area contributed by atoms with Crippen molar-refractivity contribution in [3.8, 4) is 0 Å². The van der Waals surface area contributed by atoms with Crippen LogP contribution >= 0.6 is 0 Å². The van der Waals surface area contributed by atoms with E-state index in [-0.39, 0.29) is 0 Å². The van der Waals surface area contributed by atoms with Gasteiger partial charge >= 0.3 is 0 Å². The third kappa shape index (κ3) is 3.18. The fourth-order valence-electron chi connectivity index (χ4n) is 3.12. The molecule has 2 rings (SSSR count). The summed E-state index contributed by atoms with van der Waals surface area (Å²) in [5.74, 6) is 1.91. The molecule has 0 aromatic heterocycles. The van der Waals surface area contributed by atoms with E-state index in [1.807, 2.05) is 0 Å². The molecule has 0 aromatic carbocycles. The van der Waals surface area contributed by atoms with Crippen LogP contribution in [0.25, 0.3) is 0 Å². The highest BCUT2D eigenvalue weighted by molar-refractivity contribution is 4.80. The van der Waals surface area contributed by atoms with Crippen molar-refractivity contribution in [1.29, 1.82) is 0 Å². The van der Waals surface area contributed by atoms with Crippen molar-refractivity contribution in [2.24, 2.45) is 11.8 Å². The van der Waals surface area contributed by atoms with Gasteiger partial charge in [-0.15, -0.1) is 0 Å². The lowest BCUT2D eigenvalue weighted by molar-refractivity contribution is 0.102. The summed E-state index contributed by atoms with van der Waals surface area (Å²) in [7, 11) is 0. The maximum Gasteiger partial charge on any atom is 0.00695 e. The summed E-state index contributed by atoms with van der Waals surface area (Å²) < 4.78 is 0. The van der Waals surface area contributed by atoms with Crippen molar-refractivity contribution in [3.05, 3.63) is 0 Å². The lowest BCUT2D eigenvalue weighted by atomic mass is 9.90. The largest absolute Gasteiger partial charge is 0.317 e. The Hall–Kier alpha value is -0.0800. The highest BCUT2D eigenvalue weighted by Gasteiger charge is 2.25. The molecule has 2 aliphatic heterocycles. The summed E-state index contributed by atoms with van der Waals surface area (Å²) in [5.41, 5.74) is 0. The average molecular weight is 210 g/mol. The molecule has 0 aliphatic carbocycles. The first kappa shape index (κ1) is 11.4. The van der Waals surface area contributed by atoms with Crippen molar-refractivity contribution in [1.82, 2.24) is 10.2 Å². The first-order valence-electron chi connectivity index (χ1n) is 6.70. The van der Waals surface area contributed by atoms with Crippen LogP contribution in [0.2, 0.25) is 0 Å². The molecular formula is C13H26N2. The van der Waals surface area contributed by atoms with Gasteiger partial charge in [0.05, 0.1) is 0 Å². The number of hydrogen-bond donors (Lipinski definition) is 1. The summed E-state index contributed by atoms with van der Waals surface area (Å²) in [6, 6.07) is 0.823. The van der Waals surface area contributed by atoms with Crippen LogP contribution in [0.1, 0.15) is 39.5 Å². The smallest absolute Gasteiger partial charge is 0.00695 e. The van der Waals surface area contributed by atoms with E-state index in [1.54, 1.807) is 0 Å². The van der Waals surface area contributed by atoms with Gasteiger partial charge in [0.25, 0.3) is 0 Å².